The first kappa shape index (κ1) is 15.3. The van der Waals surface area contributed by atoms with Crippen LogP contribution < -0.4 is 0 Å². The van der Waals surface area contributed by atoms with Gasteiger partial charge < -0.3 is 9.84 Å². The standard InChI is InChI=1S/C19H20O2/c1-16(19-11-3-2-4-12-19)21-15-18-10-7-9-17(14-18)8-5-6-13-20/h2-4,7,9-12,14,16,20H,6,13,15H2,1H3. The third kappa shape index (κ3) is 5.07. The number of hydrogen-bond donors (Lipinski definition) is 1. The average Bonchev–Trinajstić information content (AvgIpc) is 2.54. The first-order valence-corrected chi connectivity index (χ1v) is 7.15. The molecule has 0 aliphatic carbocycles. The molecule has 2 aromatic carbocycles. The van der Waals surface area contributed by atoms with Gasteiger partial charge in [0.2, 0.25) is 0 Å². The number of aliphatic hydroxyl groups is 1. The first-order valence-electron chi connectivity index (χ1n) is 7.15. The van der Waals surface area contributed by atoms with Gasteiger partial charge in [-0.05, 0) is 30.2 Å². The second-order valence-corrected chi connectivity index (χ2v) is 4.84. The lowest BCUT2D eigenvalue weighted by atomic mass is 10.1. The molecule has 0 spiro atoms. The molecular formula is C19H20O2. The van der Waals surface area contributed by atoms with E-state index in [0.29, 0.717) is 13.0 Å². The summed E-state index contributed by atoms with van der Waals surface area (Å²) < 4.78 is 5.91. The molecule has 0 fully saturated rings. The van der Waals surface area contributed by atoms with E-state index in [2.05, 4.69) is 30.9 Å². The van der Waals surface area contributed by atoms with Crippen LogP contribution >= 0.6 is 0 Å². The molecule has 0 aliphatic rings. The molecule has 0 amide bonds. The van der Waals surface area contributed by atoms with Gasteiger partial charge in [-0.15, -0.1) is 0 Å². The number of hydrogen-bond acceptors (Lipinski definition) is 2. The summed E-state index contributed by atoms with van der Waals surface area (Å²) in [5.41, 5.74) is 3.24. The number of aliphatic hydroxyl groups excluding tert-OH is 1. The molecule has 0 aliphatic heterocycles. The van der Waals surface area contributed by atoms with Crippen LogP contribution in [-0.2, 0) is 11.3 Å². The molecule has 1 atom stereocenters. The van der Waals surface area contributed by atoms with E-state index in [1.165, 1.54) is 5.56 Å². The summed E-state index contributed by atoms with van der Waals surface area (Å²) in [5, 5.41) is 8.73. The smallest absolute Gasteiger partial charge is 0.0801 e. The number of ether oxygens (including phenoxy) is 1. The van der Waals surface area contributed by atoms with Crippen LogP contribution in [0.15, 0.2) is 54.6 Å². The summed E-state index contributed by atoms with van der Waals surface area (Å²) in [6.07, 6.45) is 0.571. The van der Waals surface area contributed by atoms with E-state index in [1.807, 2.05) is 42.5 Å². The van der Waals surface area contributed by atoms with Crippen molar-refractivity contribution in [2.75, 3.05) is 6.61 Å². The SMILES string of the molecule is CC(OCc1cccc(C#CCCO)c1)c1ccccc1. The van der Waals surface area contributed by atoms with Crippen molar-refractivity contribution >= 4 is 0 Å². The van der Waals surface area contributed by atoms with Gasteiger partial charge in [0.15, 0.2) is 0 Å². The zero-order valence-electron chi connectivity index (χ0n) is 12.3. The zero-order valence-corrected chi connectivity index (χ0v) is 12.3. The van der Waals surface area contributed by atoms with Gasteiger partial charge in [0.25, 0.3) is 0 Å². The Morgan fingerprint density at radius 2 is 1.90 bits per heavy atom. The highest BCUT2D eigenvalue weighted by Gasteiger charge is 2.05. The Bertz CT molecular complexity index is 608. The minimum absolute atomic E-state index is 0.0651. The molecule has 0 saturated heterocycles. The van der Waals surface area contributed by atoms with Crippen LogP contribution in [0.25, 0.3) is 0 Å². The van der Waals surface area contributed by atoms with E-state index in [4.69, 9.17) is 9.84 Å². The molecule has 108 valence electrons. The molecule has 2 nitrogen and oxygen atoms in total. The fourth-order valence-corrected chi connectivity index (χ4v) is 2.00. The maximum absolute atomic E-state index is 8.73. The van der Waals surface area contributed by atoms with Gasteiger partial charge >= 0.3 is 0 Å². The van der Waals surface area contributed by atoms with Crippen molar-refractivity contribution in [3.05, 3.63) is 71.3 Å². The predicted molar refractivity (Wildman–Crippen MR) is 84.7 cm³/mol. The Labute approximate surface area is 126 Å². The largest absolute Gasteiger partial charge is 0.395 e. The second-order valence-electron chi connectivity index (χ2n) is 4.84. The van der Waals surface area contributed by atoms with Gasteiger partial charge in [-0.1, -0.05) is 54.3 Å². The van der Waals surface area contributed by atoms with E-state index in [0.717, 1.165) is 11.1 Å². The molecule has 0 aromatic heterocycles. The van der Waals surface area contributed by atoms with Crippen LogP contribution in [0.3, 0.4) is 0 Å². The molecule has 1 unspecified atom stereocenters. The molecule has 2 aromatic rings. The van der Waals surface area contributed by atoms with E-state index in [1.54, 1.807) is 0 Å². The quantitative estimate of drug-likeness (QED) is 0.846. The van der Waals surface area contributed by atoms with Gasteiger partial charge in [-0.3, -0.25) is 0 Å². The Morgan fingerprint density at radius 1 is 1.10 bits per heavy atom. The number of benzene rings is 2. The normalized spacial score (nSPS) is 11.5. The van der Waals surface area contributed by atoms with Gasteiger partial charge in [0.05, 0.1) is 19.3 Å². The summed E-state index contributed by atoms with van der Waals surface area (Å²) >= 11 is 0. The van der Waals surface area contributed by atoms with Crippen molar-refractivity contribution in [3.8, 4) is 11.8 Å². The molecule has 0 heterocycles. The summed E-state index contributed by atoms with van der Waals surface area (Å²) in [5.74, 6) is 5.97. The molecule has 2 rings (SSSR count). The zero-order chi connectivity index (χ0) is 14.9. The maximum atomic E-state index is 8.73. The van der Waals surface area contributed by atoms with Crippen molar-refractivity contribution in [1.82, 2.24) is 0 Å². The second kappa shape index (κ2) is 8.26. The van der Waals surface area contributed by atoms with Crippen molar-refractivity contribution in [3.63, 3.8) is 0 Å². The topological polar surface area (TPSA) is 29.5 Å². The van der Waals surface area contributed by atoms with Crippen molar-refractivity contribution in [2.24, 2.45) is 0 Å². The van der Waals surface area contributed by atoms with E-state index in [9.17, 15) is 0 Å². The molecule has 0 bridgehead atoms. The van der Waals surface area contributed by atoms with Gasteiger partial charge in [-0.25, -0.2) is 0 Å². The Balaban J connectivity index is 1.94. The molecule has 21 heavy (non-hydrogen) atoms. The van der Waals surface area contributed by atoms with E-state index >= 15 is 0 Å². The Morgan fingerprint density at radius 3 is 2.67 bits per heavy atom. The highest BCUT2D eigenvalue weighted by atomic mass is 16.5. The predicted octanol–water partition coefficient (Wildman–Crippen LogP) is 3.70. The molecule has 2 heteroatoms. The summed E-state index contributed by atoms with van der Waals surface area (Å²) in [7, 11) is 0. The third-order valence-corrected chi connectivity index (χ3v) is 3.17. The number of rotatable bonds is 5. The Kier molecular flexibility index (Phi) is 6.02. The fraction of sp³-hybridized carbons (Fsp3) is 0.263. The van der Waals surface area contributed by atoms with Gasteiger partial charge in [0, 0.05) is 12.0 Å². The summed E-state index contributed by atoms with van der Waals surface area (Å²) in [6, 6.07) is 18.2. The highest BCUT2D eigenvalue weighted by Crippen LogP contribution is 2.18. The molecule has 1 N–H and O–H groups in total. The highest BCUT2D eigenvalue weighted by molar-refractivity contribution is 5.37. The van der Waals surface area contributed by atoms with E-state index < -0.39 is 0 Å². The van der Waals surface area contributed by atoms with Crippen LogP contribution in [-0.4, -0.2) is 11.7 Å². The van der Waals surface area contributed by atoms with Crippen molar-refractivity contribution < 1.29 is 9.84 Å². The lowest BCUT2D eigenvalue weighted by Gasteiger charge is -2.13. The van der Waals surface area contributed by atoms with Crippen LogP contribution in [0.2, 0.25) is 0 Å². The third-order valence-electron chi connectivity index (χ3n) is 3.17. The van der Waals surface area contributed by atoms with Crippen LogP contribution in [0.1, 0.15) is 36.1 Å². The monoisotopic (exact) mass is 280 g/mol. The first-order chi connectivity index (χ1) is 10.3. The molecular weight excluding hydrogens is 260 g/mol. The summed E-state index contributed by atoms with van der Waals surface area (Å²) in [4.78, 5) is 0. The minimum atomic E-state index is 0.0651. The maximum Gasteiger partial charge on any atom is 0.0801 e. The molecule has 0 radical (unpaired) electrons. The van der Waals surface area contributed by atoms with Crippen LogP contribution in [0, 0.1) is 11.8 Å². The van der Waals surface area contributed by atoms with Crippen LogP contribution in [0.4, 0.5) is 0 Å². The van der Waals surface area contributed by atoms with Gasteiger partial charge in [-0.2, -0.15) is 0 Å². The lowest BCUT2D eigenvalue weighted by Crippen LogP contribution is -2.00. The fourth-order valence-electron chi connectivity index (χ4n) is 2.00. The average molecular weight is 280 g/mol. The van der Waals surface area contributed by atoms with Crippen LogP contribution in [0.5, 0.6) is 0 Å². The minimum Gasteiger partial charge on any atom is -0.395 e. The Hall–Kier alpha value is -2.08. The summed E-state index contributed by atoms with van der Waals surface area (Å²) in [6.45, 7) is 2.72. The van der Waals surface area contributed by atoms with Crippen molar-refractivity contribution in [1.29, 1.82) is 0 Å². The van der Waals surface area contributed by atoms with Crippen molar-refractivity contribution in [2.45, 2.75) is 26.1 Å². The lowest BCUT2D eigenvalue weighted by molar-refractivity contribution is 0.0525. The van der Waals surface area contributed by atoms with Gasteiger partial charge in [0.1, 0.15) is 0 Å². The molecule has 0 saturated carbocycles. The van der Waals surface area contributed by atoms with E-state index in [-0.39, 0.29) is 12.7 Å².